The molecule has 1 atom stereocenters. The van der Waals surface area contributed by atoms with Crippen molar-refractivity contribution in [2.45, 2.75) is 12.2 Å². The SMILES string of the molecule is Cc1nn(-c2ccc(Cl)cc2)c2c1[C@H](c1cccc(F)c1F)SCC(=O)N2. The number of fused-ring (bicyclic) bond motifs is 1. The molecular weight excluding hydrogens is 392 g/mol. The van der Waals surface area contributed by atoms with Gasteiger partial charge in [0.25, 0.3) is 0 Å². The number of carbonyl (C=O) groups is 1. The summed E-state index contributed by atoms with van der Waals surface area (Å²) in [7, 11) is 0. The molecule has 138 valence electrons. The van der Waals surface area contributed by atoms with E-state index in [1.165, 1.54) is 23.9 Å². The molecule has 8 heteroatoms. The monoisotopic (exact) mass is 405 g/mol. The van der Waals surface area contributed by atoms with E-state index in [2.05, 4.69) is 10.4 Å². The molecule has 4 rings (SSSR count). The molecule has 1 aliphatic heterocycles. The maximum atomic E-state index is 14.5. The highest BCUT2D eigenvalue weighted by Crippen LogP contribution is 2.44. The number of aryl methyl sites for hydroxylation is 1. The highest BCUT2D eigenvalue weighted by Gasteiger charge is 2.32. The first kappa shape index (κ1) is 18.0. The second-order valence-corrected chi connectivity index (χ2v) is 7.65. The number of amides is 1. The Morgan fingerprint density at radius 3 is 2.70 bits per heavy atom. The Labute approximate surface area is 163 Å². The molecule has 1 N–H and O–H groups in total. The minimum absolute atomic E-state index is 0.120. The third-order valence-electron chi connectivity index (χ3n) is 4.34. The molecule has 1 aromatic heterocycles. The van der Waals surface area contributed by atoms with E-state index in [1.54, 1.807) is 35.9 Å². The van der Waals surface area contributed by atoms with Crippen molar-refractivity contribution in [3.63, 3.8) is 0 Å². The van der Waals surface area contributed by atoms with Crippen molar-refractivity contribution in [1.29, 1.82) is 0 Å². The lowest BCUT2D eigenvalue weighted by Crippen LogP contribution is -2.15. The minimum atomic E-state index is -0.916. The van der Waals surface area contributed by atoms with Gasteiger partial charge in [-0.1, -0.05) is 23.7 Å². The highest BCUT2D eigenvalue weighted by molar-refractivity contribution is 8.00. The third-order valence-corrected chi connectivity index (χ3v) is 5.85. The Morgan fingerprint density at radius 2 is 1.96 bits per heavy atom. The van der Waals surface area contributed by atoms with Crippen molar-refractivity contribution in [1.82, 2.24) is 9.78 Å². The molecule has 0 spiro atoms. The summed E-state index contributed by atoms with van der Waals surface area (Å²) in [4.78, 5) is 12.3. The van der Waals surface area contributed by atoms with Crippen molar-refractivity contribution >= 4 is 35.1 Å². The molecule has 0 unspecified atom stereocenters. The number of hydrogen-bond donors (Lipinski definition) is 1. The van der Waals surface area contributed by atoms with Crippen LogP contribution in [0.3, 0.4) is 0 Å². The van der Waals surface area contributed by atoms with Gasteiger partial charge in [-0.05, 0) is 37.3 Å². The van der Waals surface area contributed by atoms with E-state index in [0.29, 0.717) is 27.8 Å². The van der Waals surface area contributed by atoms with Crippen molar-refractivity contribution in [2.75, 3.05) is 11.1 Å². The summed E-state index contributed by atoms with van der Waals surface area (Å²) < 4.78 is 29.9. The molecule has 4 nitrogen and oxygen atoms in total. The molecule has 1 amide bonds. The van der Waals surface area contributed by atoms with Crippen LogP contribution in [-0.4, -0.2) is 21.4 Å². The zero-order valence-electron chi connectivity index (χ0n) is 14.2. The van der Waals surface area contributed by atoms with Crippen LogP contribution in [0.2, 0.25) is 5.02 Å². The number of halogens is 3. The number of anilines is 1. The fourth-order valence-electron chi connectivity index (χ4n) is 3.12. The van der Waals surface area contributed by atoms with Crippen LogP contribution >= 0.6 is 23.4 Å². The van der Waals surface area contributed by atoms with Gasteiger partial charge in [-0.3, -0.25) is 4.79 Å². The molecule has 0 fully saturated rings. The smallest absolute Gasteiger partial charge is 0.235 e. The van der Waals surface area contributed by atoms with Crippen molar-refractivity contribution < 1.29 is 13.6 Å². The van der Waals surface area contributed by atoms with Gasteiger partial charge in [-0.2, -0.15) is 5.10 Å². The summed E-state index contributed by atoms with van der Waals surface area (Å²) in [6.45, 7) is 1.79. The highest BCUT2D eigenvalue weighted by atomic mass is 35.5. The molecule has 0 bridgehead atoms. The number of nitrogens with zero attached hydrogens (tertiary/aromatic N) is 2. The second-order valence-electron chi connectivity index (χ2n) is 6.12. The molecule has 27 heavy (non-hydrogen) atoms. The van der Waals surface area contributed by atoms with E-state index in [4.69, 9.17) is 11.6 Å². The number of benzene rings is 2. The van der Waals surface area contributed by atoms with Gasteiger partial charge >= 0.3 is 0 Å². The van der Waals surface area contributed by atoms with Crippen LogP contribution in [0.1, 0.15) is 22.1 Å². The van der Waals surface area contributed by atoms with Gasteiger partial charge in [0.1, 0.15) is 5.82 Å². The van der Waals surface area contributed by atoms with E-state index < -0.39 is 16.9 Å². The summed E-state index contributed by atoms with van der Waals surface area (Å²) in [5.41, 5.74) is 2.18. The number of aromatic nitrogens is 2. The normalized spacial score (nSPS) is 16.6. The van der Waals surface area contributed by atoms with Crippen molar-refractivity contribution in [3.05, 3.63) is 75.9 Å². The van der Waals surface area contributed by atoms with E-state index in [-0.39, 0.29) is 17.2 Å². The Morgan fingerprint density at radius 1 is 1.22 bits per heavy atom. The lowest BCUT2D eigenvalue weighted by Gasteiger charge is -2.16. The van der Waals surface area contributed by atoms with E-state index in [1.807, 2.05) is 0 Å². The second kappa shape index (κ2) is 6.98. The first-order chi connectivity index (χ1) is 13.0. The molecule has 0 saturated heterocycles. The first-order valence-electron chi connectivity index (χ1n) is 8.16. The van der Waals surface area contributed by atoms with Crippen LogP contribution in [-0.2, 0) is 4.79 Å². The number of rotatable bonds is 2. The van der Waals surface area contributed by atoms with Gasteiger partial charge in [-0.15, -0.1) is 11.8 Å². The molecule has 3 aromatic rings. The molecule has 2 heterocycles. The van der Waals surface area contributed by atoms with Gasteiger partial charge in [0.05, 0.1) is 22.4 Å². The van der Waals surface area contributed by atoms with Crippen LogP contribution in [0.4, 0.5) is 14.6 Å². The van der Waals surface area contributed by atoms with Crippen LogP contribution in [0.25, 0.3) is 5.69 Å². The molecule has 0 saturated carbocycles. The van der Waals surface area contributed by atoms with Gasteiger partial charge in [0, 0.05) is 16.1 Å². The predicted octanol–water partition coefficient (Wildman–Crippen LogP) is 4.89. The summed E-state index contributed by atoms with van der Waals surface area (Å²) >= 11 is 7.20. The Balaban J connectivity index is 1.91. The van der Waals surface area contributed by atoms with E-state index in [0.717, 1.165) is 6.07 Å². The van der Waals surface area contributed by atoms with Gasteiger partial charge in [0.15, 0.2) is 11.6 Å². The van der Waals surface area contributed by atoms with Gasteiger partial charge < -0.3 is 5.32 Å². The fraction of sp³-hybridized carbons (Fsp3) is 0.158. The number of carbonyl (C=O) groups excluding carboxylic acids is 1. The van der Waals surface area contributed by atoms with Crippen LogP contribution in [0.5, 0.6) is 0 Å². The zero-order valence-corrected chi connectivity index (χ0v) is 15.7. The number of thioether (sulfide) groups is 1. The quantitative estimate of drug-likeness (QED) is 0.660. The summed E-state index contributed by atoms with van der Waals surface area (Å²) in [5, 5.41) is 7.39. The number of hydrogen-bond acceptors (Lipinski definition) is 3. The molecule has 1 aliphatic rings. The first-order valence-corrected chi connectivity index (χ1v) is 9.59. The predicted molar refractivity (Wildman–Crippen MR) is 103 cm³/mol. The Kier molecular flexibility index (Phi) is 4.65. The van der Waals surface area contributed by atoms with Crippen LogP contribution < -0.4 is 5.32 Å². The zero-order chi connectivity index (χ0) is 19.1. The van der Waals surface area contributed by atoms with Crippen molar-refractivity contribution in [2.24, 2.45) is 0 Å². The van der Waals surface area contributed by atoms with E-state index in [9.17, 15) is 13.6 Å². The fourth-order valence-corrected chi connectivity index (χ4v) is 4.45. The molecule has 2 aromatic carbocycles. The topological polar surface area (TPSA) is 46.9 Å². The third kappa shape index (κ3) is 3.21. The van der Waals surface area contributed by atoms with Crippen LogP contribution in [0.15, 0.2) is 42.5 Å². The van der Waals surface area contributed by atoms with Gasteiger partial charge in [0.2, 0.25) is 5.91 Å². The lowest BCUT2D eigenvalue weighted by atomic mass is 10.0. The Hall–Kier alpha value is -2.38. The minimum Gasteiger partial charge on any atom is -0.310 e. The molecule has 0 aliphatic carbocycles. The molecule has 0 radical (unpaired) electrons. The summed E-state index contributed by atoms with van der Waals surface area (Å²) in [6.07, 6.45) is 0. The summed E-state index contributed by atoms with van der Waals surface area (Å²) in [6, 6.07) is 11.1. The molecular formula is C19H14ClF2N3OS. The maximum Gasteiger partial charge on any atom is 0.235 e. The van der Waals surface area contributed by atoms with Crippen molar-refractivity contribution in [3.8, 4) is 5.69 Å². The average molecular weight is 406 g/mol. The maximum absolute atomic E-state index is 14.5. The van der Waals surface area contributed by atoms with Crippen LogP contribution in [0, 0.1) is 18.6 Å². The number of nitrogens with one attached hydrogen (secondary N) is 1. The Bertz CT molecular complexity index is 1040. The average Bonchev–Trinajstić information content (AvgIpc) is 2.84. The standard InChI is InChI=1S/C19H14ClF2N3OS/c1-10-16-18(13-3-2-4-14(21)17(13)22)27-9-15(26)23-19(16)25(24-10)12-7-5-11(20)6-8-12/h2-8,18H,9H2,1H3,(H,23,26)/t18-/m0/s1. The van der Waals surface area contributed by atoms with E-state index >= 15 is 0 Å². The van der Waals surface area contributed by atoms with Gasteiger partial charge in [-0.25, -0.2) is 13.5 Å². The summed E-state index contributed by atoms with van der Waals surface area (Å²) in [5.74, 6) is -1.47. The lowest BCUT2D eigenvalue weighted by molar-refractivity contribution is -0.113. The largest absolute Gasteiger partial charge is 0.310 e.